The van der Waals surface area contributed by atoms with Crippen molar-refractivity contribution in [3.8, 4) is 5.75 Å². The Hall–Kier alpha value is -3.68. The maximum absolute atomic E-state index is 14.1. The summed E-state index contributed by atoms with van der Waals surface area (Å²) in [5, 5.41) is 9.22. The monoisotopic (exact) mass is 443 g/mol. The van der Waals surface area contributed by atoms with Gasteiger partial charge >= 0.3 is 5.97 Å². The molecule has 4 nitrogen and oxygen atoms in total. The Balaban J connectivity index is 1.72. The van der Waals surface area contributed by atoms with E-state index in [0.717, 1.165) is 23.6 Å². The normalized spacial score (nSPS) is 13.5. The number of aromatic nitrogens is 1. The number of ether oxygens (including phenoxy) is 1. The lowest BCUT2D eigenvalue weighted by molar-refractivity contribution is 0.0690. The maximum Gasteiger partial charge on any atom is 0.354 e. The molecule has 0 bridgehead atoms. The van der Waals surface area contributed by atoms with Crippen LogP contribution in [0, 0.1) is 23.3 Å². The van der Waals surface area contributed by atoms with E-state index in [1.165, 1.54) is 18.2 Å². The molecule has 0 amide bonds. The number of nitrogens with zero attached hydrogens (tertiary/aromatic N) is 1. The van der Waals surface area contributed by atoms with Crippen LogP contribution < -0.4 is 4.74 Å². The van der Waals surface area contributed by atoms with Crippen LogP contribution in [-0.2, 0) is 6.61 Å². The topological polar surface area (TPSA) is 59.4 Å². The number of allylic oxidation sites excluding steroid dienone is 2. The first-order chi connectivity index (χ1) is 15.3. The van der Waals surface area contributed by atoms with Crippen LogP contribution >= 0.6 is 0 Å². The number of aromatic carboxylic acids is 1. The molecule has 0 fully saturated rings. The molecule has 0 spiro atoms. The molecule has 32 heavy (non-hydrogen) atoms. The quantitative estimate of drug-likeness (QED) is 0.474. The number of pyridine rings is 1. The van der Waals surface area contributed by atoms with Crippen molar-refractivity contribution in [1.82, 2.24) is 4.98 Å². The minimum absolute atomic E-state index is 0.112. The number of carboxylic acid groups (broad SMARTS) is 1. The Morgan fingerprint density at radius 3 is 2.38 bits per heavy atom. The molecule has 0 radical (unpaired) electrons. The lowest BCUT2D eigenvalue weighted by Gasteiger charge is -2.15. The zero-order chi connectivity index (χ0) is 22.8. The zero-order valence-electron chi connectivity index (χ0n) is 16.7. The van der Waals surface area contributed by atoms with Crippen LogP contribution in [0.1, 0.15) is 46.6 Å². The maximum atomic E-state index is 14.1. The van der Waals surface area contributed by atoms with Crippen molar-refractivity contribution in [2.45, 2.75) is 25.9 Å². The van der Waals surface area contributed by atoms with Crippen LogP contribution in [-0.4, -0.2) is 16.1 Å². The van der Waals surface area contributed by atoms with Gasteiger partial charge in [-0.25, -0.2) is 27.3 Å². The number of hydrogen-bond donors (Lipinski definition) is 1. The SMILES string of the molecule is O=C(O)c1cccc(C2=C(c3cc(F)ccc3OCc3c(F)cc(F)cc3F)CCC2)n1. The summed E-state index contributed by atoms with van der Waals surface area (Å²) < 4.78 is 60.8. The highest BCUT2D eigenvalue weighted by molar-refractivity contribution is 5.94. The molecular weight excluding hydrogens is 426 g/mol. The van der Waals surface area contributed by atoms with Crippen molar-refractivity contribution in [3.63, 3.8) is 0 Å². The fraction of sp³-hybridized carbons (Fsp3) is 0.167. The molecular formula is C24H17F4NO3. The number of benzene rings is 2. The van der Waals surface area contributed by atoms with Crippen LogP contribution in [0.25, 0.3) is 11.1 Å². The van der Waals surface area contributed by atoms with Crippen LogP contribution in [0.2, 0.25) is 0 Å². The second-order valence-electron chi connectivity index (χ2n) is 7.30. The molecule has 0 atom stereocenters. The summed E-state index contributed by atoms with van der Waals surface area (Å²) in [7, 11) is 0. The highest BCUT2D eigenvalue weighted by Gasteiger charge is 2.23. The van der Waals surface area contributed by atoms with Gasteiger partial charge in [-0.05, 0) is 60.7 Å². The Bertz CT molecular complexity index is 1220. The lowest BCUT2D eigenvalue weighted by atomic mass is 9.98. The summed E-state index contributed by atoms with van der Waals surface area (Å²) in [6.45, 7) is -0.522. The molecule has 0 aliphatic heterocycles. The van der Waals surface area contributed by atoms with E-state index in [1.807, 2.05) is 0 Å². The molecule has 0 saturated heterocycles. The van der Waals surface area contributed by atoms with E-state index in [4.69, 9.17) is 4.74 Å². The molecule has 8 heteroatoms. The first-order valence-electron chi connectivity index (χ1n) is 9.82. The van der Waals surface area contributed by atoms with Gasteiger partial charge in [-0.1, -0.05) is 6.07 Å². The third kappa shape index (κ3) is 4.34. The van der Waals surface area contributed by atoms with E-state index in [0.29, 0.717) is 36.2 Å². The Morgan fingerprint density at radius 2 is 1.66 bits per heavy atom. The van der Waals surface area contributed by atoms with Crippen molar-refractivity contribution in [2.24, 2.45) is 0 Å². The fourth-order valence-corrected chi connectivity index (χ4v) is 3.77. The third-order valence-corrected chi connectivity index (χ3v) is 5.24. The van der Waals surface area contributed by atoms with Crippen LogP contribution in [0.5, 0.6) is 5.75 Å². The van der Waals surface area contributed by atoms with Gasteiger partial charge in [-0.15, -0.1) is 0 Å². The van der Waals surface area contributed by atoms with Crippen molar-refractivity contribution >= 4 is 17.1 Å². The number of halogens is 4. The van der Waals surface area contributed by atoms with E-state index in [2.05, 4.69) is 4.98 Å². The van der Waals surface area contributed by atoms with E-state index in [-0.39, 0.29) is 11.4 Å². The molecule has 1 aliphatic rings. The van der Waals surface area contributed by atoms with E-state index < -0.39 is 41.4 Å². The largest absolute Gasteiger partial charge is 0.488 e. The summed E-state index contributed by atoms with van der Waals surface area (Å²) in [6.07, 6.45) is 1.90. The minimum Gasteiger partial charge on any atom is -0.488 e. The van der Waals surface area contributed by atoms with Crippen LogP contribution in [0.3, 0.4) is 0 Å². The van der Waals surface area contributed by atoms with Gasteiger partial charge in [0.25, 0.3) is 0 Å². The number of carboxylic acids is 1. The van der Waals surface area contributed by atoms with E-state index in [1.54, 1.807) is 12.1 Å². The number of hydrogen-bond acceptors (Lipinski definition) is 3. The number of carbonyl (C=O) groups is 1. The number of rotatable bonds is 6. The van der Waals surface area contributed by atoms with Crippen LogP contribution in [0.4, 0.5) is 17.6 Å². The predicted molar refractivity (Wildman–Crippen MR) is 109 cm³/mol. The molecule has 1 N–H and O–H groups in total. The fourth-order valence-electron chi connectivity index (χ4n) is 3.77. The highest BCUT2D eigenvalue weighted by atomic mass is 19.1. The van der Waals surface area contributed by atoms with Crippen molar-refractivity contribution in [1.29, 1.82) is 0 Å². The van der Waals surface area contributed by atoms with Gasteiger partial charge in [0, 0.05) is 17.7 Å². The molecule has 2 aromatic carbocycles. The molecule has 1 aliphatic carbocycles. The highest BCUT2D eigenvalue weighted by Crippen LogP contribution is 2.42. The first-order valence-corrected chi connectivity index (χ1v) is 9.82. The molecule has 1 aromatic heterocycles. The van der Waals surface area contributed by atoms with Crippen LogP contribution in [0.15, 0.2) is 48.5 Å². The summed E-state index contributed by atoms with van der Waals surface area (Å²) >= 11 is 0. The smallest absolute Gasteiger partial charge is 0.354 e. The van der Waals surface area contributed by atoms with E-state index >= 15 is 0 Å². The molecule has 3 aromatic rings. The Labute approximate surface area is 180 Å². The van der Waals surface area contributed by atoms with Gasteiger partial charge in [-0.2, -0.15) is 0 Å². The molecule has 0 saturated carbocycles. The summed E-state index contributed by atoms with van der Waals surface area (Å²) in [6, 6.07) is 9.53. The molecule has 1 heterocycles. The minimum atomic E-state index is -1.16. The zero-order valence-corrected chi connectivity index (χ0v) is 16.7. The standard InChI is InChI=1S/C24H17F4NO3/c25-13-7-8-23(32-12-18-19(27)10-14(26)11-20(18)28)17(9-13)15-3-1-4-16(15)21-5-2-6-22(29-21)24(30)31/h2,5-11H,1,3-4,12H2,(H,30,31). The van der Waals surface area contributed by atoms with Gasteiger partial charge in [0.15, 0.2) is 0 Å². The Kier molecular flexibility index (Phi) is 5.94. The van der Waals surface area contributed by atoms with Gasteiger partial charge in [0.1, 0.15) is 41.3 Å². The summed E-state index contributed by atoms with van der Waals surface area (Å²) in [4.78, 5) is 15.5. The third-order valence-electron chi connectivity index (χ3n) is 5.24. The summed E-state index contributed by atoms with van der Waals surface area (Å²) in [5.41, 5.74) is 1.76. The first kappa shape index (κ1) is 21.5. The van der Waals surface area contributed by atoms with Crippen molar-refractivity contribution in [2.75, 3.05) is 0 Å². The van der Waals surface area contributed by atoms with E-state index in [9.17, 15) is 27.5 Å². The van der Waals surface area contributed by atoms with Crippen molar-refractivity contribution < 1.29 is 32.2 Å². The van der Waals surface area contributed by atoms with Gasteiger partial charge < -0.3 is 9.84 Å². The molecule has 0 unspecified atom stereocenters. The van der Waals surface area contributed by atoms with Gasteiger partial charge in [0.05, 0.1) is 11.3 Å². The van der Waals surface area contributed by atoms with Crippen molar-refractivity contribution in [3.05, 3.63) is 94.3 Å². The van der Waals surface area contributed by atoms with Gasteiger partial charge in [-0.3, -0.25) is 0 Å². The summed E-state index contributed by atoms with van der Waals surface area (Å²) in [5.74, 6) is -4.70. The predicted octanol–water partition coefficient (Wildman–Crippen LogP) is 6.01. The average molecular weight is 443 g/mol. The molecule has 164 valence electrons. The Morgan fingerprint density at radius 1 is 0.938 bits per heavy atom. The second-order valence-corrected chi connectivity index (χ2v) is 7.30. The lowest BCUT2D eigenvalue weighted by Crippen LogP contribution is -2.05. The average Bonchev–Trinajstić information content (AvgIpc) is 3.23. The second kappa shape index (κ2) is 8.82. The van der Waals surface area contributed by atoms with Gasteiger partial charge in [0.2, 0.25) is 0 Å². The molecule has 4 rings (SSSR count).